The molecule has 2 aromatic heterocycles. The minimum absolute atomic E-state index is 0.0486. The molecule has 0 aliphatic heterocycles. The Labute approximate surface area is 177 Å². The number of benzene rings is 2. The van der Waals surface area contributed by atoms with Crippen molar-refractivity contribution >= 4 is 28.6 Å². The Kier molecular flexibility index (Phi) is 5.47. The van der Waals surface area contributed by atoms with E-state index in [1.165, 1.54) is 4.68 Å². The molecule has 0 saturated carbocycles. The number of aromatic nitrogens is 3. The lowest BCUT2D eigenvalue weighted by atomic mass is 10.0. The Morgan fingerprint density at radius 1 is 1.10 bits per heavy atom. The molecule has 0 saturated heterocycles. The largest absolute Gasteiger partial charge is 0.376 e. The quantitative estimate of drug-likeness (QED) is 0.462. The molecule has 0 fully saturated rings. The molecule has 146 valence electrons. The van der Waals surface area contributed by atoms with Crippen LogP contribution in [0.4, 0.5) is 5.69 Å². The van der Waals surface area contributed by atoms with Gasteiger partial charge in [-0.25, -0.2) is 4.98 Å². The van der Waals surface area contributed by atoms with E-state index in [1.807, 2.05) is 56.3 Å². The summed E-state index contributed by atoms with van der Waals surface area (Å²) in [6.07, 6.45) is 1.58. The molecule has 4 aromatic rings. The zero-order valence-corrected chi connectivity index (χ0v) is 17.5. The monoisotopic (exact) mass is 422 g/mol. The first-order chi connectivity index (χ1) is 14.0. The number of nitrogens with one attached hydrogen (secondary N) is 1. The van der Waals surface area contributed by atoms with Crippen LogP contribution in [0.25, 0.3) is 16.9 Å². The van der Waals surface area contributed by atoms with E-state index in [2.05, 4.69) is 32.9 Å². The zero-order chi connectivity index (χ0) is 20.4. The molecule has 5 nitrogen and oxygen atoms in total. The summed E-state index contributed by atoms with van der Waals surface area (Å²) in [4.78, 5) is 17.2. The minimum Gasteiger partial charge on any atom is -0.376 e. The topological polar surface area (TPSA) is 59.8 Å². The summed E-state index contributed by atoms with van der Waals surface area (Å²) in [6.45, 7) is 4.01. The van der Waals surface area contributed by atoms with Gasteiger partial charge in [-0.1, -0.05) is 54.1 Å². The Hall–Kier alpha value is -2.96. The first-order valence-electron chi connectivity index (χ1n) is 9.15. The fraction of sp³-hybridized carbons (Fsp3) is 0.136. The van der Waals surface area contributed by atoms with E-state index in [9.17, 15) is 4.79 Å². The normalized spacial score (nSPS) is 12.0. The van der Waals surface area contributed by atoms with Crippen molar-refractivity contribution < 1.29 is 0 Å². The third kappa shape index (κ3) is 4.09. The van der Waals surface area contributed by atoms with Crippen molar-refractivity contribution in [3.8, 4) is 16.9 Å². The van der Waals surface area contributed by atoms with Gasteiger partial charge in [0, 0.05) is 17.0 Å². The van der Waals surface area contributed by atoms with E-state index in [1.54, 1.807) is 17.5 Å². The van der Waals surface area contributed by atoms with Crippen LogP contribution >= 0.6 is 22.9 Å². The van der Waals surface area contributed by atoms with Gasteiger partial charge in [0.1, 0.15) is 5.02 Å². The Morgan fingerprint density at radius 2 is 1.83 bits per heavy atom. The summed E-state index contributed by atoms with van der Waals surface area (Å²) in [6, 6.07) is 17.4. The Balaban J connectivity index is 1.54. The molecule has 0 aliphatic rings. The minimum atomic E-state index is -0.357. The maximum Gasteiger partial charge on any atom is 0.292 e. The number of aryl methyl sites for hydroxylation is 1. The van der Waals surface area contributed by atoms with Crippen molar-refractivity contribution in [1.82, 2.24) is 14.8 Å². The van der Waals surface area contributed by atoms with Gasteiger partial charge in [0.25, 0.3) is 5.56 Å². The highest BCUT2D eigenvalue weighted by Crippen LogP contribution is 2.26. The fourth-order valence-electron chi connectivity index (χ4n) is 3.04. The third-order valence-electron chi connectivity index (χ3n) is 4.62. The van der Waals surface area contributed by atoms with Crippen LogP contribution in [0.1, 0.15) is 23.5 Å². The van der Waals surface area contributed by atoms with Gasteiger partial charge >= 0.3 is 0 Å². The molecule has 0 radical (unpaired) electrons. The van der Waals surface area contributed by atoms with Crippen LogP contribution in [-0.4, -0.2) is 14.8 Å². The van der Waals surface area contributed by atoms with Crippen LogP contribution in [-0.2, 0) is 0 Å². The molecule has 4 rings (SSSR count). The van der Waals surface area contributed by atoms with Crippen LogP contribution in [0.2, 0.25) is 5.02 Å². The highest BCUT2D eigenvalue weighted by molar-refractivity contribution is 7.09. The van der Waals surface area contributed by atoms with E-state index >= 15 is 0 Å². The average Bonchev–Trinajstić information content (AvgIpc) is 3.18. The lowest BCUT2D eigenvalue weighted by Gasteiger charge is -2.17. The number of hydrogen-bond acceptors (Lipinski definition) is 5. The smallest absolute Gasteiger partial charge is 0.292 e. The van der Waals surface area contributed by atoms with Crippen molar-refractivity contribution in [2.24, 2.45) is 0 Å². The summed E-state index contributed by atoms with van der Waals surface area (Å²) in [5.41, 5.74) is 3.96. The summed E-state index contributed by atoms with van der Waals surface area (Å²) < 4.78 is 1.29. The van der Waals surface area contributed by atoms with Gasteiger partial charge in [-0.15, -0.1) is 11.3 Å². The second kappa shape index (κ2) is 8.19. The summed E-state index contributed by atoms with van der Waals surface area (Å²) in [5, 5.41) is 10.8. The Bertz CT molecular complexity index is 1190. The van der Waals surface area contributed by atoms with Crippen LogP contribution in [0.5, 0.6) is 0 Å². The van der Waals surface area contributed by atoms with Crippen LogP contribution < -0.4 is 10.9 Å². The van der Waals surface area contributed by atoms with E-state index in [0.29, 0.717) is 11.4 Å². The molecule has 2 heterocycles. The van der Waals surface area contributed by atoms with Crippen molar-refractivity contribution in [2.75, 3.05) is 5.32 Å². The standard InChI is InChI=1S/C22H19ClN4OS/c1-14(16-8-10-17(11-9-16)20-13-29-15(2)26-20)25-19-12-24-27(22(28)21(19)23)18-6-4-3-5-7-18/h3-14,25H,1-2H3. The lowest BCUT2D eigenvalue weighted by Crippen LogP contribution is -2.23. The maximum atomic E-state index is 12.6. The van der Waals surface area contributed by atoms with Crippen LogP contribution in [0.3, 0.4) is 0 Å². The van der Waals surface area contributed by atoms with Gasteiger partial charge in [0.2, 0.25) is 0 Å². The molecule has 29 heavy (non-hydrogen) atoms. The highest BCUT2D eigenvalue weighted by atomic mass is 35.5. The number of nitrogens with zero attached hydrogens (tertiary/aromatic N) is 3. The highest BCUT2D eigenvalue weighted by Gasteiger charge is 2.14. The lowest BCUT2D eigenvalue weighted by molar-refractivity contribution is 0.799. The predicted octanol–water partition coefficient (Wildman–Crippen LogP) is 5.49. The summed E-state index contributed by atoms with van der Waals surface area (Å²) in [7, 11) is 0. The van der Waals surface area contributed by atoms with E-state index < -0.39 is 0 Å². The van der Waals surface area contributed by atoms with Gasteiger partial charge in [0.15, 0.2) is 0 Å². The van der Waals surface area contributed by atoms with Gasteiger partial charge in [0.05, 0.1) is 28.3 Å². The number of hydrogen-bond donors (Lipinski definition) is 1. The number of para-hydroxylation sites is 1. The predicted molar refractivity (Wildman–Crippen MR) is 119 cm³/mol. The molecule has 2 aromatic carbocycles. The average molecular weight is 423 g/mol. The SMILES string of the molecule is Cc1nc(-c2ccc(C(C)Nc3cnn(-c4ccccc4)c(=O)c3Cl)cc2)cs1. The van der Waals surface area contributed by atoms with Crippen molar-refractivity contribution in [2.45, 2.75) is 19.9 Å². The van der Waals surface area contributed by atoms with Crippen LogP contribution in [0, 0.1) is 6.92 Å². The number of rotatable bonds is 5. The zero-order valence-electron chi connectivity index (χ0n) is 16.0. The van der Waals surface area contributed by atoms with Gasteiger partial charge in [-0.05, 0) is 31.5 Å². The third-order valence-corrected chi connectivity index (χ3v) is 5.76. The summed E-state index contributed by atoms with van der Waals surface area (Å²) >= 11 is 7.98. The maximum absolute atomic E-state index is 12.6. The molecular formula is C22H19ClN4OS. The summed E-state index contributed by atoms with van der Waals surface area (Å²) in [5.74, 6) is 0. The van der Waals surface area contributed by atoms with Crippen LogP contribution in [0.15, 0.2) is 71.0 Å². The number of halogens is 1. The first-order valence-corrected chi connectivity index (χ1v) is 10.4. The second-order valence-corrected chi connectivity index (χ2v) is 8.10. The van der Waals surface area contributed by atoms with Crippen molar-refractivity contribution in [1.29, 1.82) is 0 Å². The van der Waals surface area contributed by atoms with E-state index in [0.717, 1.165) is 21.8 Å². The van der Waals surface area contributed by atoms with Gasteiger partial charge in [-0.2, -0.15) is 9.78 Å². The fourth-order valence-corrected chi connectivity index (χ4v) is 3.85. The van der Waals surface area contributed by atoms with Crippen molar-refractivity contribution in [3.63, 3.8) is 0 Å². The molecule has 1 unspecified atom stereocenters. The molecule has 1 N–H and O–H groups in total. The molecule has 1 atom stereocenters. The van der Waals surface area contributed by atoms with Gasteiger partial charge < -0.3 is 5.32 Å². The molecular weight excluding hydrogens is 404 g/mol. The molecule has 0 bridgehead atoms. The number of thiazole rings is 1. The van der Waals surface area contributed by atoms with Gasteiger partial charge in [-0.3, -0.25) is 4.79 Å². The molecule has 0 aliphatic carbocycles. The van der Waals surface area contributed by atoms with Crippen molar-refractivity contribution in [3.05, 3.63) is 92.1 Å². The first kappa shape index (κ1) is 19.4. The Morgan fingerprint density at radius 3 is 2.48 bits per heavy atom. The van der Waals surface area contributed by atoms with E-state index in [-0.39, 0.29) is 16.6 Å². The second-order valence-electron chi connectivity index (χ2n) is 6.66. The number of anilines is 1. The molecule has 7 heteroatoms. The molecule has 0 amide bonds. The van der Waals surface area contributed by atoms with E-state index in [4.69, 9.17) is 11.6 Å². The molecule has 0 spiro atoms.